The first-order chi connectivity index (χ1) is 16.5. The summed E-state index contributed by atoms with van der Waals surface area (Å²) in [6.07, 6.45) is 3.92. The molecule has 0 bridgehead atoms. The largest absolute Gasteiger partial charge is 0.341 e. The minimum atomic E-state index is 0.00815. The Morgan fingerprint density at radius 1 is 0.735 bits per heavy atom. The average Bonchev–Trinajstić information content (AvgIpc) is 3.47. The van der Waals surface area contributed by atoms with Gasteiger partial charge in [-0.25, -0.2) is 4.98 Å². The minimum absolute atomic E-state index is 0.00815. The van der Waals surface area contributed by atoms with Crippen LogP contribution < -0.4 is 0 Å². The van der Waals surface area contributed by atoms with E-state index < -0.39 is 0 Å². The van der Waals surface area contributed by atoms with Crippen molar-refractivity contribution >= 4 is 21.9 Å². The van der Waals surface area contributed by atoms with Gasteiger partial charge in [-0.2, -0.15) is 0 Å². The predicted octanol–water partition coefficient (Wildman–Crippen LogP) is 7.53. The van der Waals surface area contributed by atoms with Crippen LogP contribution in [0.2, 0.25) is 0 Å². The maximum atomic E-state index is 5.13. The topological polar surface area (TPSA) is 46.5 Å². The molecule has 0 spiro atoms. The first-order valence-corrected chi connectivity index (χ1v) is 11.6. The van der Waals surface area contributed by atoms with Crippen molar-refractivity contribution in [1.29, 1.82) is 0 Å². The van der Waals surface area contributed by atoms with Gasteiger partial charge in [-0.15, -0.1) is 0 Å². The summed E-state index contributed by atoms with van der Waals surface area (Å²) in [6, 6.07) is 29.6. The zero-order valence-electron chi connectivity index (χ0n) is 19.6. The van der Waals surface area contributed by atoms with Gasteiger partial charge >= 0.3 is 0 Å². The number of pyridine rings is 2. The maximum Gasteiger partial charge on any atom is 0.146 e. The van der Waals surface area contributed by atoms with E-state index in [1.54, 1.807) is 0 Å². The zero-order chi connectivity index (χ0) is 23.3. The Hall–Kier alpha value is -4.18. The van der Waals surface area contributed by atoms with Gasteiger partial charge < -0.3 is 4.98 Å². The Labute approximate surface area is 198 Å². The summed E-state index contributed by atoms with van der Waals surface area (Å²) in [5.41, 5.74) is 7.45. The summed E-state index contributed by atoms with van der Waals surface area (Å²) >= 11 is 0. The Morgan fingerprint density at radius 2 is 1.53 bits per heavy atom. The smallest absolute Gasteiger partial charge is 0.146 e. The second-order valence-corrected chi connectivity index (χ2v) is 9.80. The molecule has 1 N–H and O–H groups in total. The van der Waals surface area contributed by atoms with Crippen LogP contribution in [0.1, 0.15) is 26.3 Å². The molecule has 0 saturated carbocycles. The van der Waals surface area contributed by atoms with E-state index in [4.69, 9.17) is 4.98 Å². The zero-order valence-corrected chi connectivity index (χ0v) is 19.6. The SMILES string of the molecule is CC(C)(C)c1cc(-c2ccccn2)cc(-c2ccc3ccn(-c4cc5ccccc5[nH]4)c3n2)c1. The van der Waals surface area contributed by atoms with E-state index in [2.05, 4.69) is 108 Å². The molecule has 0 amide bonds. The van der Waals surface area contributed by atoms with Gasteiger partial charge in [-0.05, 0) is 71.6 Å². The molecule has 4 aromatic heterocycles. The maximum absolute atomic E-state index is 5.13. The number of nitrogens with one attached hydrogen (secondary N) is 1. The summed E-state index contributed by atoms with van der Waals surface area (Å²) < 4.78 is 2.13. The molecule has 4 nitrogen and oxygen atoms in total. The molecular formula is C30H26N4. The highest BCUT2D eigenvalue weighted by Crippen LogP contribution is 2.33. The fraction of sp³-hybridized carbons (Fsp3) is 0.133. The van der Waals surface area contributed by atoms with E-state index in [-0.39, 0.29) is 5.41 Å². The average molecular weight is 443 g/mol. The third-order valence-electron chi connectivity index (χ3n) is 6.37. The van der Waals surface area contributed by atoms with Crippen molar-refractivity contribution in [1.82, 2.24) is 19.5 Å². The van der Waals surface area contributed by atoms with Gasteiger partial charge in [0.1, 0.15) is 11.5 Å². The third kappa shape index (κ3) is 3.57. The first-order valence-electron chi connectivity index (χ1n) is 11.6. The van der Waals surface area contributed by atoms with Crippen LogP contribution in [0.25, 0.3) is 50.3 Å². The van der Waals surface area contributed by atoms with Gasteiger partial charge in [0.25, 0.3) is 0 Å². The molecule has 166 valence electrons. The number of fused-ring (bicyclic) bond motifs is 2. The number of benzene rings is 2. The number of rotatable bonds is 3. The van der Waals surface area contributed by atoms with Crippen LogP contribution in [0.15, 0.2) is 97.3 Å². The number of para-hydroxylation sites is 1. The Bertz CT molecular complexity index is 1600. The molecule has 0 unspecified atom stereocenters. The quantitative estimate of drug-likeness (QED) is 0.308. The number of hydrogen-bond acceptors (Lipinski definition) is 2. The fourth-order valence-corrected chi connectivity index (χ4v) is 4.44. The Morgan fingerprint density at radius 3 is 2.29 bits per heavy atom. The highest BCUT2D eigenvalue weighted by atomic mass is 15.1. The third-order valence-corrected chi connectivity index (χ3v) is 6.37. The van der Waals surface area contributed by atoms with Crippen LogP contribution in [0.4, 0.5) is 0 Å². The van der Waals surface area contributed by atoms with Crippen LogP contribution >= 0.6 is 0 Å². The second kappa shape index (κ2) is 7.70. The molecule has 4 heterocycles. The van der Waals surface area contributed by atoms with Crippen molar-refractivity contribution in [2.24, 2.45) is 0 Å². The van der Waals surface area contributed by atoms with E-state index in [1.165, 1.54) is 10.9 Å². The van der Waals surface area contributed by atoms with Crippen LogP contribution in [-0.4, -0.2) is 19.5 Å². The summed E-state index contributed by atoms with van der Waals surface area (Å²) in [4.78, 5) is 13.3. The lowest BCUT2D eigenvalue weighted by Crippen LogP contribution is -2.11. The van der Waals surface area contributed by atoms with Gasteiger partial charge in [0.05, 0.1) is 11.4 Å². The van der Waals surface area contributed by atoms with Crippen LogP contribution in [0.3, 0.4) is 0 Å². The molecule has 0 aliphatic heterocycles. The predicted molar refractivity (Wildman–Crippen MR) is 140 cm³/mol. The van der Waals surface area contributed by atoms with Crippen LogP contribution in [0.5, 0.6) is 0 Å². The van der Waals surface area contributed by atoms with Crippen molar-refractivity contribution in [3.8, 4) is 28.3 Å². The van der Waals surface area contributed by atoms with E-state index in [9.17, 15) is 0 Å². The monoisotopic (exact) mass is 442 g/mol. The summed E-state index contributed by atoms with van der Waals surface area (Å²) in [5.74, 6) is 1.01. The molecule has 6 aromatic rings. The molecule has 4 heteroatoms. The normalized spacial score (nSPS) is 12.0. The number of H-pyrrole nitrogens is 1. The van der Waals surface area contributed by atoms with E-state index >= 15 is 0 Å². The standard InChI is InChI=1S/C30H26N4/c1-30(2,3)24-17-22(25-9-6-7-14-31-25)16-23(18-24)27-12-11-20-13-15-34(29(20)33-27)28-19-21-8-4-5-10-26(21)32-28/h4-19,32H,1-3H3. The van der Waals surface area contributed by atoms with Gasteiger partial charge in [-0.1, -0.05) is 45.0 Å². The van der Waals surface area contributed by atoms with Crippen molar-refractivity contribution in [2.45, 2.75) is 26.2 Å². The van der Waals surface area contributed by atoms with Crippen LogP contribution in [0, 0.1) is 0 Å². The summed E-state index contributed by atoms with van der Waals surface area (Å²) in [5, 5.41) is 2.30. The number of aromatic amines is 1. The van der Waals surface area contributed by atoms with Gasteiger partial charge in [-0.3, -0.25) is 9.55 Å². The number of nitrogens with zero attached hydrogens (tertiary/aromatic N) is 3. The molecule has 0 aliphatic carbocycles. The van der Waals surface area contributed by atoms with Crippen molar-refractivity contribution in [3.05, 3.63) is 103 Å². The van der Waals surface area contributed by atoms with Crippen molar-refractivity contribution in [2.75, 3.05) is 0 Å². The highest BCUT2D eigenvalue weighted by molar-refractivity contribution is 5.85. The highest BCUT2D eigenvalue weighted by Gasteiger charge is 2.18. The van der Waals surface area contributed by atoms with Gasteiger partial charge in [0.2, 0.25) is 0 Å². The molecule has 0 fully saturated rings. The number of hydrogen-bond donors (Lipinski definition) is 1. The second-order valence-electron chi connectivity index (χ2n) is 9.80. The molecule has 0 atom stereocenters. The lowest BCUT2D eigenvalue weighted by molar-refractivity contribution is 0.590. The first kappa shape index (κ1) is 20.4. The molecule has 6 rings (SSSR count). The number of aromatic nitrogens is 4. The Balaban J connectivity index is 1.52. The van der Waals surface area contributed by atoms with E-state index in [0.29, 0.717) is 0 Å². The lowest BCUT2D eigenvalue weighted by atomic mass is 9.84. The molecule has 0 aliphatic rings. The van der Waals surface area contributed by atoms with Gasteiger partial charge in [0, 0.05) is 39.8 Å². The molecule has 34 heavy (non-hydrogen) atoms. The molecule has 2 aromatic carbocycles. The van der Waals surface area contributed by atoms with E-state index in [0.717, 1.165) is 44.9 Å². The summed E-state index contributed by atoms with van der Waals surface area (Å²) in [7, 11) is 0. The molecule has 0 saturated heterocycles. The van der Waals surface area contributed by atoms with Crippen molar-refractivity contribution in [3.63, 3.8) is 0 Å². The lowest BCUT2D eigenvalue weighted by Gasteiger charge is -2.21. The van der Waals surface area contributed by atoms with Crippen LogP contribution in [-0.2, 0) is 5.41 Å². The van der Waals surface area contributed by atoms with E-state index in [1.807, 2.05) is 24.4 Å². The summed E-state index contributed by atoms with van der Waals surface area (Å²) in [6.45, 7) is 6.73. The Kier molecular flexibility index (Phi) is 4.63. The van der Waals surface area contributed by atoms with Crippen molar-refractivity contribution < 1.29 is 0 Å². The molecular weight excluding hydrogens is 416 g/mol. The minimum Gasteiger partial charge on any atom is -0.341 e. The van der Waals surface area contributed by atoms with Gasteiger partial charge in [0.15, 0.2) is 0 Å². The fourth-order valence-electron chi connectivity index (χ4n) is 4.44. The molecule has 0 radical (unpaired) electrons.